The van der Waals surface area contributed by atoms with E-state index in [0.717, 1.165) is 23.0 Å². The van der Waals surface area contributed by atoms with E-state index in [4.69, 9.17) is 4.74 Å². The van der Waals surface area contributed by atoms with Crippen LogP contribution in [0.5, 0.6) is 0 Å². The first-order valence-electron chi connectivity index (χ1n) is 6.05. The number of hydrogen-bond donors (Lipinski definition) is 1. The molecule has 0 bridgehead atoms. The number of aromatic nitrogens is 2. The Morgan fingerprint density at radius 3 is 2.83 bits per heavy atom. The molecule has 2 heterocycles. The Labute approximate surface area is 115 Å². The average molecular weight is 316 g/mol. The van der Waals surface area contributed by atoms with E-state index in [-0.39, 0.29) is 11.3 Å². The van der Waals surface area contributed by atoms with Gasteiger partial charge in [-0.3, -0.25) is 9.48 Å². The van der Waals surface area contributed by atoms with Gasteiger partial charge in [0.1, 0.15) is 0 Å². The van der Waals surface area contributed by atoms with Crippen molar-refractivity contribution in [2.24, 2.45) is 12.5 Å². The third-order valence-electron chi connectivity index (χ3n) is 3.42. The largest absolute Gasteiger partial charge is 0.381 e. The second kappa shape index (κ2) is 5.40. The van der Waals surface area contributed by atoms with Crippen LogP contribution >= 0.6 is 15.9 Å². The highest BCUT2D eigenvalue weighted by atomic mass is 79.9. The third kappa shape index (κ3) is 2.92. The van der Waals surface area contributed by atoms with Gasteiger partial charge in [-0.05, 0) is 28.8 Å². The number of nitrogens with one attached hydrogen (secondary N) is 1. The lowest BCUT2D eigenvalue weighted by atomic mass is 9.81. The van der Waals surface area contributed by atoms with Crippen molar-refractivity contribution in [3.8, 4) is 0 Å². The first kappa shape index (κ1) is 13.5. The Balaban J connectivity index is 1.93. The molecule has 0 aliphatic carbocycles. The first-order chi connectivity index (χ1) is 8.51. The molecule has 18 heavy (non-hydrogen) atoms. The summed E-state index contributed by atoms with van der Waals surface area (Å²) >= 11 is 3.42. The molecular weight excluding hydrogens is 298 g/mol. The lowest BCUT2D eigenvalue weighted by Gasteiger charge is -2.31. The topological polar surface area (TPSA) is 56.2 Å². The van der Waals surface area contributed by atoms with E-state index in [1.807, 2.05) is 20.2 Å². The zero-order chi connectivity index (χ0) is 13.2. The van der Waals surface area contributed by atoms with Crippen LogP contribution in [0.2, 0.25) is 0 Å². The molecule has 5 nitrogen and oxygen atoms in total. The summed E-state index contributed by atoms with van der Waals surface area (Å²) < 4.78 is 7.94. The minimum Gasteiger partial charge on any atom is -0.381 e. The second-order valence-electron chi connectivity index (χ2n) is 4.95. The number of amides is 1. The molecular formula is C12H18BrN3O2. The molecule has 100 valence electrons. The Bertz CT molecular complexity index is 439. The molecule has 1 aliphatic heterocycles. The summed E-state index contributed by atoms with van der Waals surface area (Å²) in [5.41, 5.74) is 0.543. The summed E-state index contributed by atoms with van der Waals surface area (Å²) in [6.07, 6.45) is 3.43. The van der Waals surface area contributed by atoms with Crippen LogP contribution in [0.4, 0.5) is 0 Å². The number of hydrogen-bond acceptors (Lipinski definition) is 3. The van der Waals surface area contributed by atoms with Crippen LogP contribution in [-0.2, 0) is 23.1 Å². The molecule has 0 atom stereocenters. The van der Waals surface area contributed by atoms with Crippen LogP contribution in [0, 0.1) is 5.41 Å². The third-order valence-corrected chi connectivity index (χ3v) is 4.08. The van der Waals surface area contributed by atoms with Gasteiger partial charge in [0.05, 0.1) is 22.1 Å². The minimum absolute atomic E-state index is 0.0864. The summed E-state index contributed by atoms with van der Waals surface area (Å²) in [4.78, 5) is 12.2. The standard InChI is InChI=1S/C12H18BrN3O2/c1-12(3-5-18-6-4-12)11(17)14-7-10-9(13)8-16(2)15-10/h8H,3-7H2,1-2H3,(H,14,17). The Hall–Kier alpha value is -0.880. The summed E-state index contributed by atoms with van der Waals surface area (Å²) in [6.45, 7) is 3.78. The Morgan fingerprint density at radius 2 is 2.28 bits per heavy atom. The lowest BCUT2D eigenvalue weighted by molar-refractivity contribution is -0.135. The van der Waals surface area contributed by atoms with Crippen molar-refractivity contribution in [3.63, 3.8) is 0 Å². The molecule has 1 saturated heterocycles. The van der Waals surface area contributed by atoms with Gasteiger partial charge in [-0.1, -0.05) is 6.92 Å². The fourth-order valence-corrected chi connectivity index (χ4v) is 2.57. The average Bonchev–Trinajstić information content (AvgIpc) is 2.65. The first-order valence-corrected chi connectivity index (χ1v) is 6.85. The van der Waals surface area contributed by atoms with Crippen LogP contribution in [-0.4, -0.2) is 28.9 Å². The Kier molecular flexibility index (Phi) is 4.07. The Morgan fingerprint density at radius 1 is 1.61 bits per heavy atom. The quantitative estimate of drug-likeness (QED) is 0.922. The number of carbonyl (C=O) groups is 1. The maximum Gasteiger partial charge on any atom is 0.226 e. The number of rotatable bonds is 3. The predicted molar refractivity (Wildman–Crippen MR) is 70.9 cm³/mol. The van der Waals surface area contributed by atoms with Crippen molar-refractivity contribution in [2.75, 3.05) is 13.2 Å². The summed E-state index contributed by atoms with van der Waals surface area (Å²) in [6, 6.07) is 0. The van der Waals surface area contributed by atoms with E-state index in [1.165, 1.54) is 0 Å². The normalized spacial score (nSPS) is 18.6. The summed E-state index contributed by atoms with van der Waals surface area (Å²) in [5.74, 6) is 0.0864. The van der Waals surface area contributed by atoms with Crippen LogP contribution in [0.15, 0.2) is 10.7 Å². The van der Waals surface area contributed by atoms with Gasteiger partial charge < -0.3 is 10.1 Å². The summed E-state index contributed by atoms with van der Waals surface area (Å²) in [7, 11) is 1.86. The zero-order valence-electron chi connectivity index (χ0n) is 10.7. The van der Waals surface area contributed by atoms with E-state index >= 15 is 0 Å². The molecule has 0 unspecified atom stereocenters. The second-order valence-corrected chi connectivity index (χ2v) is 5.81. The highest BCUT2D eigenvalue weighted by Gasteiger charge is 2.34. The smallest absolute Gasteiger partial charge is 0.226 e. The highest BCUT2D eigenvalue weighted by molar-refractivity contribution is 9.10. The van der Waals surface area contributed by atoms with E-state index in [0.29, 0.717) is 19.8 Å². The van der Waals surface area contributed by atoms with Gasteiger partial charge in [-0.15, -0.1) is 0 Å². The van der Waals surface area contributed by atoms with Crippen molar-refractivity contribution < 1.29 is 9.53 Å². The SMILES string of the molecule is Cn1cc(Br)c(CNC(=O)C2(C)CCOCC2)n1. The van der Waals surface area contributed by atoms with Crippen LogP contribution in [0.3, 0.4) is 0 Å². The van der Waals surface area contributed by atoms with Gasteiger partial charge in [0, 0.05) is 26.5 Å². The van der Waals surface area contributed by atoms with Gasteiger partial charge >= 0.3 is 0 Å². The molecule has 2 rings (SSSR count). The molecule has 1 N–H and O–H groups in total. The summed E-state index contributed by atoms with van der Waals surface area (Å²) in [5, 5.41) is 7.24. The molecule has 1 aliphatic rings. The minimum atomic E-state index is -0.306. The van der Waals surface area contributed by atoms with Gasteiger partial charge in [-0.25, -0.2) is 0 Å². The number of nitrogens with zero attached hydrogens (tertiary/aromatic N) is 2. The fourth-order valence-electron chi connectivity index (χ4n) is 2.05. The number of aryl methyl sites for hydroxylation is 1. The van der Waals surface area contributed by atoms with E-state index in [9.17, 15) is 4.79 Å². The van der Waals surface area contributed by atoms with Gasteiger partial charge in [-0.2, -0.15) is 5.10 Å². The number of halogens is 1. The van der Waals surface area contributed by atoms with Crippen molar-refractivity contribution in [3.05, 3.63) is 16.4 Å². The number of carbonyl (C=O) groups excluding carboxylic acids is 1. The predicted octanol–water partition coefficient (Wildman–Crippen LogP) is 1.62. The zero-order valence-corrected chi connectivity index (χ0v) is 12.3. The molecule has 0 saturated carbocycles. The maximum absolute atomic E-state index is 12.2. The van der Waals surface area contributed by atoms with E-state index in [1.54, 1.807) is 4.68 Å². The van der Waals surface area contributed by atoms with Crippen molar-refractivity contribution >= 4 is 21.8 Å². The van der Waals surface area contributed by atoms with Crippen LogP contribution in [0.1, 0.15) is 25.5 Å². The van der Waals surface area contributed by atoms with Gasteiger partial charge in [0.25, 0.3) is 0 Å². The van der Waals surface area contributed by atoms with Gasteiger partial charge in [0.15, 0.2) is 0 Å². The van der Waals surface area contributed by atoms with Crippen molar-refractivity contribution in [1.82, 2.24) is 15.1 Å². The molecule has 1 aromatic heterocycles. The molecule has 0 spiro atoms. The highest BCUT2D eigenvalue weighted by Crippen LogP contribution is 2.30. The maximum atomic E-state index is 12.2. The molecule has 1 aromatic rings. The van der Waals surface area contributed by atoms with Crippen molar-refractivity contribution in [1.29, 1.82) is 0 Å². The number of ether oxygens (including phenoxy) is 1. The molecule has 0 aromatic carbocycles. The van der Waals surface area contributed by atoms with Gasteiger partial charge in [0.2, 0.25) is 5.91 Å². The van der Waals surface area contributed by atoms with E-state index < -0.39 is 0 Å². The molecule has 6 heteroatoms. The molecule has 0 radical (unpaired) electrons. The van der Waals surface area contributed by atoms with Crippen LogP contribution in [0.25, 0.3) is 0 Å². The molecule has 1 amide bonds. The van der Waals surface area contributed by atoms with E-state index in [2.05, 4.69) is 26.3 Å². The lowest BCUT2D eigenvalue weighted by Crippen LogP contribution is -2.42. The van der Waals surface area contributed by atoms with Crippen molar-refractivity contribution in [2.45, 2.75) is 26.3 Å². The fraction of sp³-hybridized carbons (Fsp3) is 0.667. The monoisotopic (exact) mass is 315 g/mol. The van der Waals surface area contributed by atoms with Crippen LogP contribution < -0.4 is 5.32 Å². The molecule has 1 fully saturated rings.